The summed E-state index contributed by atoms with van der Waals surface area (Å²) in [6, 6.07) is 10.1. The molecule has 5 nitrogen and oxygen atoms in total. The van der Waals surface area contributed by atoms with Crippen LogP contribution in [0.2, 0.25) is 0 Å². The van der Waals surface area contributed by atoms with Gasteiger partial charge in [-0.2, -0.15) is 0 Å². The molecule has 0 spiro atoms. The molecule has 0 amide bonds. The van der Waals surface area contributed by atoms with Gasteiger partial charge in [-0.05, 0) is 29.1 Å². The van der Waals surface area contributed by atoms with Crippen molar-refractivity contribution in [3.8, 4) is 11.6 Å². The van der Waals surface area contributed by atoms with E-state index in [1.54, 1.807) is 42.7 Å². The lowest BCUT2D eigenvalue weighted by Crippen LogP contribution is -1.98. The van der Waals surface area contributed by atoms with Gasteiger partial charge < -0.3 is 4.74 Å². The molecular weight excluding hydrogens is 340 g/mol. The molecule has 24 heavy (non-hydrogen) atoms. The minimum absolute atomic E-state index is 0.764. The van der Waals surface area contributed by atoms with Crippen LogP contribution in [0.5, 0.6) is 5.75 Å². The van der Waals surface area contributed by atoms with Crippen LogP contribution >= 0.6 is 23.1 Å². The number of imidazole rings is 1. The first-order chi connectivity index (χ1) is 11.8. The van der Waals surface area contributed by atoms with Crippen LogP contribution in [0, 0.1) is 0 Å². The molecule has 1 aromatic carbocycles. The molecule has 0 bridgehead atoms. The smallest absolute Gasteiger partial charge is 0.190 e. The van der Waals surface area contributed by atoms with Crippen LogP contribution in [-0.2, 0) is 5.75 Å². The second-order valence-corrected chi connectivity index (χ2v) is 6.93. The highest BCUT2D eigenvalue weighted by atomic mass is 32.2. The van der Waals surface area contributed by atoms with Crippen LogP contribution in [0.25, 0.3) is 16.0 Å². The minimum atomic E-state index is 0.764. The van der Waals surface area contributed by atoms with Gasteiger partial charge in [0.15, 0.2) is 11.0 Å². The van der Waals surface area contributed by atoms with Crippen molar-refractivity contribution in [1.82, 2.24) is 19.5 Å². The number of rotatable bonds is 5. The van der Waals surface area contributed by atoms with Crippen LogP contribution in [0.3, 0.4) is 0 Å². The van der Waals surface area contributed by atoms with Crippen molar-refractivity contribution < 1.29 is 4.74 Å². The number of methoxy groups -OCH3 is 1. The molecule has 3 aromatic heterocycles. The maximum Gasteiger partial charge on any atom is 0.190 e. The molecule has 4 aromatic rings. The fourth-order valence-electron chi connectivity index (χ4n) is 2.32. The van der Waals surface area contributed by atoms with Gasteiger partial charge in [-0.1, -0.05) is 23.9 Å². The van der Waals surface area contributed by atoms with E-state index in [1.807, 2.05) is 34.3 Å². The molecule has 0 aliphatic rings. The fourth-order valence-corrected chi connectivity index (χ4v) is 3.95. The van der Waals surface area contributed by atoms with Crippen molar-refractivity contribution in [2.75, 3.05) is 7.11 Å². The first kappa shape index (κ1) is 15.2. The molecule has 7 heteroatoms. The predicted molar refractivity (Wildman–Crippen MR) is 97.1 cm³/mol. The quantitative estimate of drug-likeness (QED) is 0.397. The minimum Gasteiger partial charge on any atom is -0.497 e. The first-order valence-electron chi connectivity index (χ1n) is 7.33. The monoisotopic (exact) mass is 354 g/mol. The summed E-state index contributed by atoms with van der Waals surface area (Å²) in [5, 5.41) is 2.80. The number of ether oxygens (including phenoxy) is 1. The lowest BCUT2D eigenvalue weighted by molar-refractivity contribution is 0.414. The van der Waals surface area contributed by atoms with Crippen molar-refractivity contribution in [3.05, 3.63) is 60.0 Å². The van der Waals surface area contributed by atoms with Crippen molar-refractivity contribution in [1.29, 1.82) is 0 Å². The summed E-state index contributed by atoms with van der Waals surface area (Å²) in [6.07, 6.45) is 5.42. The maximum atomic E-state index is 5.19. The van der Waals surface area contributed by atoms with Gasteiger partial charge in [0, 0.05) is 18.1 Å². The summed E-state index contributed by atoms with van der Waals surface area (Å²) in [5.74, 6) is 2.55. The van der Waals surface area contributed by atoms with Crippen LogP contribution < -0.4 is 4.74 Å². The number of nitrogens with zero attached hydrogens (tertiary/aromatic N) is 4. The molecule has 3 heterocycles. The highest BCUT2D eigenvalue weighted by molar-refractivity contribution is 7.98. The van der Waals surface area contributed by atoms with Crippen molar-refractivity contribution >= 4 is 33.3 Å². The summed E-state index contributed by atoms with van der Waals surface area (Å²) in [7, 11) is 1.67. The van der Waals surface area contributed by atoms with E-state index in [9.17, 15) is 0 Å². The van der Waals surface area contributed by atoms with Crippen molar-refractivity contribution in [2.24, 2.45) is 0 Å². The molecule has 0 saturated heterocycles. The Morgan fingerprint density at radius 3 is 2.79 bits per heavy atom. The Kier molecular flexibility index (Phi) is 4.18. The first-order valence-corrected chi connectivity index (χ1v) is 9.19. The average molecular weight is 354 g/mol. The highest BCUT2D eigenvalue weighted by Gasteiger charge is 2.11. The lowest BCUT2D eigenvalue weighted by Gasteiger charge is -2.07. The van der Waals surface area contributed by atoms with Crippen LogP contribution in [-0.4, -0.2) is 26.6 Å². The van der Waals surface area contributed by atoms with Crippen LogP contribution in [0.15, 0.2) is 59.6 Å². The number of hydrogen-bond acceptors (Lipinski definition) is 6. The number of hydrogen-bond donors (Lipinski definition) is 0. The zero-order valence-corrected chi connectivity index (χ0v) is 14.5. The zero-order valence-electron chi connectivity index (χ0n) is 12.9. The summed E-state index contributed by atoms with van der Waals surface area (Å²) in [5.41, 5.74) is 2.18. The van der Waals surface area contributed by atoms with Gasteiger partial charge in [0.1, 0.15) is 12.1 Å². The molecule has 0 N–H and O–H groups in total. The molecule has 0 atom stereocenters. The predicted octanol–water partition coefficient (Wildman–Crippen LogP) is 4.18. The van der Waals surface area contributed by atoms with Crippen molar-refractivity contribution in [3.63, 3.8) is 0 Å². The highest BCUT2D eigenvalue weighted by Crippen LogP contribution is 2.29. The van der Waals surface area contributed by atoms with Gasteiger partial charge in [0.05, 0.1) is 17.3 Å². The SMILES string of the molecule is COc1ccc(CSc2nc(-n3ccnc3)c3sccc3n2)cc1. The summed E-state index contributed by atoms with van der Waals surface area (Å²) in [4.78, 5) is 13.5. The number of benzene rings is 1. The number of thioether (sulfide) groups is 1. The third kappa shape index (κ3) is 3.00. The third-order valence-corrected chi connectivity index (χ3v) is 5.36. The van der Waals surface area contributed by atoms with E-state index < -0.39 is 0 Å². The van der Waals surface area contributed by atoms with Crippen LogP contribution in [0.4, 0.5) is 0 Å². The summed E-state index contributed by atoms with van der Waals surface area (Å²) < 4.78 is 8.19. The summed E-state index contributed by atoms with van der Waals surface area (Å²) >= 11 is 3.27. The van der Waals surface area contributed by atoms with E-state index in [2.05, 4.69) is 22.1 Å². The maximum absolute atomic E-state index is 5.19. The number of fused-ring (bicyclic) bond motifs is 1. The zero-order chi connectivity index (χ0) is 16.4. The molecule has 0 unspecified atom stereocenters. The topological polar surface area (TPSA) is 52.8 Å². The molecule has 0 radical (unpaired) electrons. The molecule has 4 rings (SSSR count). The van der Waals surface area contributed by atoms with E-state index in [0.717, 1.165) is 32.7 Å². The Hall–Kier alpha value is -2.38. The number of thiophene rings is 1. The van der Waals surface area contributed by atoms with E-state index >= 15 is 0 Å². The molecule has 0 saturated carbocycles. The third-order valence-electron chi connectivity index (χ3n) is 3.54. The Morgan fingerprint density at radius 2 is 2.04 bits per heavy atom. The number of aromatic nitrogens is 4. The Labute approximate surface area is 147 Å². The Balaban J connectivity index is 1.62. The van der Waals surface area contributed by atoms with Gasteiger partial charge in [-0.25, -0.2) is 15.0 Å². The molecule has 120 valence electrons. The molecule has 0 aliphatic heterocycles. The molecule has 0 aliphatic carbocycles. The standard InChI is InChI=1S/C17H14N4OS2/c1-22-13-4-2-12(3-5-13)10-24-17-19-14-6-9-23-15(14)16(20-17)21-8-7-18-11-21/h2-9,11H,10H2,1H3. The molecule has 0 fully saturated rings. The van der Waals surface area contributed by atoms with Crippen LogP contribution in [0.1, 0.15) is 5.56 Å². The Morgan fingerprint density at radius 1 is 1.17 bits per heavy atom. The van der Waals surface area contributed by atoms with Gasteiger partial charge in [0.2, 0.25) is 0 Å². The van der Waals surface area contributed by atoms with Gasteiger partial charge in [-0.3, -0.25) is 4.57 Å². The van der Waals surface area contributed by atoms with E-state index in [0.29, 0.717) is 0 Å². The average Bonchev–Trinajstić information content (AvgIpc) is 3.31. The second-order valence-electron chi connectivity index (χ2n) is 5.07. The summed E-state index contributed by atoms with van der Waals surface area (Å²) in [6.45, 7) is 0. The lowest BCUT2D eigenvalue weighted by atomic mass is 10.2. The van der Waals surface area contributed by atoms with E-state index in [-0.39, 0.29) is 0 Å². The Bertz CT molecular complexity index is 949. The second kappa shape index (κ2) is 6.62. The molecular formula is C17H14N4OS2. The normalized spacial score (nSPS) is 11.0. The van der Waals surface area contributed by atoms with Gasteiger partial charge in [-0.15, -0.1) is 11.3 Å². The largest absolute Gasteiger partial charge is 0.497 e. The van der Waals surface area contributed by atoms with E-state index in [1.165, 1.54) is 5.56 Å². The fraction of sp³-hybridized carbons (Fsp3) is 0.118. The van der Waals surface area contributed by atoms with Gasteiger partial charge >= 0.3 is 0 Å². The van der Waals surface area contributed by atoms with E-state index in [4.69, 9.17) is 9.72 Å². The van der Waals surface area contributed by atoms with Gasteiger partial charge in [0.25, 0.3) is 0 Å². The van der Waals surface area contributed by atoms with Crippen molar-refractivity contribution in [2.45, 2.75) is 10.9 Å².